The molecule has 0 amide bonds. The number of ether oxygens (including phenoxy) is 1. The van der Waals surface area contributed by atoms with E-state index < -0.39 is 35.1 Å². The van der Waals surface area contributed by atoms with Gasteiger partial charge in [0.25, 0.3) is 0 Å². The van der Waals surface area contributed by atoms with Crippen molar-refractivity contribution in [3.63, 3.8) is 0 Å². The lowest BCUT2D eigenvalue weighted by atomic mass is 9.55. The molecule has 0 aromatic heterocycles. The summed E-state index contributed by atoms with van der Waals surface area (Å²) in [5, 5.41) is 19.9. The first-order chi connectivity index (χ1) is 11.7. The standard InChI is InChI=1S/C19H23FN2O3/c1-10(2)19(18(23)24)12(4)22-11(3)15(9-21)17(19)14-7-6-13(20)8-16(14)25-5/h6-8,10,12,15,17H,1-5H3,(H,23,24). The van der Waals surface area contributed by atoms with Crippen molar-refractivity contribution < 1.29 is 19.0 Å². The number of benzene rings is 1. The van der Waals surface area contributed by atoms with E-state index in [0.29, 0.717) is 11.3 Å². The van der Waals surface area contributed by atoms with Gasteiger partial charge in [-0.05, 0) is 25.8 Å². The van der Waals surface area contributed by atoms with Crippen LogP contribution in [0.25, 0.3) is 0 Å². The number of aliphatic imine (C=N–C) groups is 1. The Balaban J connectivity index is 2.86. The lowest BCUT2D eigenvalue weighted by Gasteiger charge is -2.48. The van der Waals surface area contributed by atoms with Crippen LogP contribution in [0.3, 0.4) is 0 Å². The molecule has 0 saturated heterocycles. The van der Waals surface area contributed by atoms with Crippen LogP contribution in [-0.4, -0.2) is 29.9 Å². The smallest absolute Gasteiger partial charge is 0.312 e. The summed E-state index contributed by atoms with van der Waals surface area (Å²) < 4.78 is 19.0. The average Bonchev–Trinajstić information content (AvgIpc) is 2.53. The Kier molecular flexibility index (Phi) is 5.17. The van der Waals surface area contributed by atoms with Crippen LogP contribution in [0.2, 0.25) is 0 Å². The number of halogens is 1. The number of hydrogen-bond donors (Lipinski definition) is 1. The number of aliphatic carboxylic acids is 1. The molecule has 0 bridgehead atoms. The van der Waals surface area contributed by atoms with Crippen LogP contribution in [0, 0.1) is 34.4 Å². The summed E-state index contributed by atoms with van der Waals surface area (Å²) >= 11 is 0. The molecule has 2 rings (SSSR count). The fraction of sp³-hybridized carbons (Fsp3) is 0.526. The van der Waals surface area contributed by atoms with Gasteiger partial charge in [0.2, 0.25) is 0 Å². The highest BCUT2D eigenvalue weighted by Gasteiger charge is 2.59. The maximum Gasteiger partial charge on any atom is 0.312 e. The summed E-state index contributed by atoms with van der Waals surface area (Å²) in [5.41, 5.74) is -0.193. The second kappa shape index (κ2) is 6.83. The van der Waals surface area contributed by atoms with Crippen molar-refractivity contribution in [1.82, 2.24) is 0 Å². The fourth-order valence-electron chi connectivity index (χ4n) is 4.22. The number of carboxylic acid groups (broad SMARTS) is 1. The second-order valence-electron chi connectivity index (χ2n) is 6.81. The zero-order valence-corrected chi connectivity index (χ0v) is 15.1. The number of rotatable bonds is 4. The lowest BCUT2D eigenvalue weighted by Crippen LogP contribution is -2.55. The van der Waals surface area contributed by atoms with Gasteiger partial charge in [0.1, 0.15) is 17.0 Å². The van der Waals surface area contributed by atoms with Crippen molar-refractivity contribution in [2.75, 3.05) is 7.11 Å². The SMILES string of the molecule is COc1cc(F)ccc1C1C(C#N)C(C)=NC(C)C1(C(=O)O)C(C)C. The van der Waals surface area contributed by atoms with Gasteiger partial charge in [-0.2, -0.15) is 5.26 Å². The van der Waals surface area contributed by atoms with Crippen molar-refractivity contribution in [1.29, 1.82) is 5.26 Å². The number of hydrogen-bond acceptors (Lipinski definition) is 4. The summed E-state index contributed by atoms with van der Waals surface area (Å²) in [7, 11) is 1.41. The van der Waals surface area contributed by atoms with Gasteiger partial charge in [-0.3, -0.25) is 9.79 Å². The molecule has 1 aliphatic heterocycles. The van der Waals surface area contributed by atoms with Crippen molar-refractivity contribution >= 4 is 11.7 Å². The van der Waals surface area contributed by atoms with Crippen LogP contribution in [0.1, 0.15) is 39.2 Å². The van der Waals surface area contributed by atoms with Crippen molar-refractivity contribution in [3.8, 4) is 11.8 Å². The molecule has 4 atom stereocenters. The Morgan fingerprint density at radius 2 is 2.12 bits per heavy atom. The largest absolute Gasteiger partial charge is 0.496 e. The first-order valence-corrected chi connectivity index (χ1v) is 8.22. The highest BCUT2D eigenvalue weighted by Crippen LogP contribution is 2.54. The van der Waals surface area contributed by atoms with E-state index >= 15 is 0 Å². The third kappa shape index (κ3) is 2.78. The van der Waals surface area contributed by atoms with E-state index in [1.807, 2.05) is 13.8 Å². The van der Waals surface area contributed by atoms with Crippen LogP contribution >= 0.6 is 0 Å². The van der Waals surface area contributed by atoms with Crippen LogP contribution < -0.4 is 4.74 Å². The summed E-state index contributed by atoms with van der Waals surface area (Å²) in [6.07, 6.45) is 0. The van der Waals surface area contributed by atoms with E-state index in [1.54, 1.807) is 13.8 Å². The minimum atomic E-state index is -1.30. The van der Waals surface area contributed by atoms with Crippen molar-refractivity contribution in [2.24, 2.45) is 22.2 Å². The van der Waals surface area contributed by atoms with E-state index in [9.17, 15) is 19.6 Å². The maximum atomic E-state index is 13.7. The highest BCUT2D eigenvalue weighted by molar-refractivity contribution is 5.92. The van der Waals surface area contributed by atoms with Crippen molar-refractivity contribution in [2.45, 2.75) is 39.7 Å². The Hall–Kier alpha value is -2.42. The third-order valence-corrected chi connectivity index (χ3v) is 5.38. The van der Waals surface area contributed by atoms with Gasteiger partial charge in [0.15, 0.2) is 0 Å². The summed E-state index contributed by atoms with van der Waals surface area (Å²) in [6.45, 7) is 7.13. The molecule has 0 saturated carbocycles. The number of methoxy groups -OCH3 is 1. The minimum absolute atomic E-state index is 0.249. The first kappa shape index (κ1) is 18.9. The summed E-state index contributed by atoms with van der Waals surface area (Å²) in [6, 6.07) is 5.69. The van der Waals surface area contributed by atoms with E-state index in [4.69, 9.17) is 4.74 Å². The van der Waals surface area contributed by atoms with E-state index in [2.05, 4.69) is 11.1 Å². The molecule has 1 N–H and O–H groups in total. The van der Waals surface area contributed by atoms with Gasteiger partial charge in [0.05, 0.1) is 25.1 Å². The molecule has 134 valence electrons. The predicted octanol–water partition coefficient (Wildman–Crippen LogP) is 3.65. The highest BCUT2D eigenvalue weighted by atomic mass is 19.1. The Bertz CT molecular complexity index is 754. The molecule has 0 radical (unpaired) electrons. The van der Waals surface area contributed by atoms with E-state index in [-0.39, 0.29) is 11.7 Å². The van der Waals surface area contributed by atoms with Crippen LogP contribution in [0.4, 0.5) is 4.39 Å². The Labute approximate surface area is 147 Å². The van der Waals surface area contributed by atoms with Crippen molar-refractivity contribution in [3.05, 3.63) is 29.6 Å². The zero-order chi connectivity index (χ0) is 18.9. The Morgan fingerprint density at radius 3 is 2.60 bits per heavy atom. The average molecular weight is 346 g/mol. The molecule has 1 aromatic rings. The van der Waals surface area contributed by atoms with Crippen LogP contribution in [-0.2, 0) is 4.79 Å². The molecule has 0 aliphatic carbocycles. The predicted molar refractivity (Wildman–Crippen MR) is 92.3 cm³/mol. The van der Waals surface area contributed by atoms with Gasteiger partial charge < -0.3 is 9.84 Å². The molecule has 25 heavy (non-hydrogen) atoms. The second-order valence-corrected chi connectivity index (χ2v) is 6.81. The molecule has 1 heterocycles. The molecule has 1 aliphatic rings. The first-order valence-electron chi connectivity index (χ1n) is 8.22. The minimum Gasteiger partial charge on any atom is -0.496 e. The number of nitrogens with zero attached hydrogens (tertiary/aromatic N) is 2. The van der Waals surface area contributed by atoms with E-state index in [0.717, 1.165) is 0 Å². The fourth-order valence-corrected chi connectivity index (χ4v) is 4.22. The molecule has 4 unspecified atom stereocenters. The molecule has 6 heteroatoms. The van der Waals surface area contributed by atoms with Gasteiger partial charge in [-0.15, -0.1) is 0 Å². The zero-order valence-electron chi connectivity index (χ0n) is 15.1. The molecule has 0 spiro atoms. The maximum absolute atomic E-state index is 13.7. The molecule has 5 nitrogen and oxygen atoms in total. The molecule has 0 fully saturated rings. The van der Waals surface area contributed by atoms with Crippen LogP contribution in [0.15, 0.2) is 23.2 Å². The number of nitriles is 1. The monoisotopic (exact) mass is 346 g/mol. The van der Waals surface area contributed by atoms with Gasteiger partial charge in [-0.25, -0.2) is 4.39 Å². The third-order valence-electron chi connectivity index (χ3n) is 5.38. The molecule has 1 aromatic carbocycles. The molecular weight excluding hydrogens is 323 g/mol. The quantitative estimate of drug-likeness (QED) is 0.902. The number of carboxylic acids is 1. The van der Waals surface area contributed by atoms with Gasteiger partial charge in [-0.1, -0.05) is 19.9 Å². The molecular formula is C19H23FN2O3. The van der Waals surface area contributed by atoms with E-state index in [1.165, 1.54) is 25.3 Å². The van der Waals surface area contributed by atoms with Gasteiger partial charge in [0, 0.05) is 23.3 Å². The topological polar surface area (TPSA) is 82.7 Å². The van der Waals surface area contributed by atoms with Crippen LogP contribution in [0.5, 0.6) is 5.75 Å². The Morgan fingerprint density at radius 1 is 1.48 bits per heavy atom. The summed E-state index contributed by atoms with van der Waals surface area (Å²) in [5.74, 6) is -2.96. The van der Waals surface area contributed by atoms with Gasteiger partial charge >= 0.3 is 5.97 Å². The number of carbonyl (C=O) groups is 1. The summed E-state index contributed by atoms with van der Waals surface area (Å²) in [4.78, 5) is 16.9. The lowest BCUT2D eigenvalue weighted by molar-refractivity contribution is -0.156. The normalized spacial score (nSPS) is 29.0.